The van der Waals surface area contributed by atoms with Gasteiger partial charge in [-0.05, 0) is 17.5 Å². The van der Waals surface area contributed by atoms with Gasteiger partial charge in [0.2, 0.25) is 17.8 Å². The quantitative estimate of drug-likeness (QED) is 0.874. The van der Waals surface area contributed by atoms with Crippen molar-refractivity contribution in [2.45, 2.75) is 19.4 Å². The number of nitrogens with one attached hydrogen (secondary N) is 1. The summed E-state index contributed by atoms with van der Waals surface area (Å²) < 4.78 is 0. The third-order valence-corrected chi connectivity index (χ3v) is 5.10. The van der Waals surface area contributed by atoms with Crippen LogP contribution in [-0.2, 0) is 9.59 Å². The molecule has 1 aliphatic rings. The van der Waals surface area contributed by atoms with E-state index in [1.165, 1.54) is 6.92 Å². The lowest BCUT2D eigenvalue weighted by Gasteiger charge is -2.35. The fraction of sp³-hybridized carbons (Fsp3) is 0.412. The second-order valence-electron chi connectivity index (χ2n) is 5.89. The Morgan fingerprint density at radius 2 is 1.92 bits per heavy atom. The maximum absolute atomic E-state index is 12.7. The van der Waals surface area contributed by atoms with E-state index in [0.717, 1.165) is 4.88 Å². The van der Waals surface area contributed by atoms with Gasteiger partial charge in [-0.2, -0.15) is 0 Å². The number of hydrogen-bond acceptors (Lipinski definition) is 6. The molecule has 3 heterocycles. The molecule has 0 aliphatic carbocycles. The van der Waals surface area contributed by atoms with Gasteiger partial charge >= 0.3 is 0 Å². The third kappa shape index (κ3) is 4.54. The number of piperazine rings is 1. The number of nitrogens with zero attached hydrogens (tertiary/aromatic N) is 4. The van der Waals surface area contributed by atoms with E-state index in [2.05, 4.69) is 20.2 Å². The van der Waals surface area contributed by atoms with Crippen molar-refractivity contribution in [3.63, 3.8) is 0 Å². The summed E-state index contributed by atoms with van der Waals surface area (Å²) in [5.41, 5.74) is 0. The minimum Gasteiger partial charge on any atom is -0.348 e. The van der Waals surface area contributed by atoms with Crippen molar-refractivity contribution in [3.05, 3.63) is 40.8 Å². The van der Waals surface area contributed by atoms with Crippen molar-refractivity contribution < 1.29 is 9.59 Å². The number of carbonyl (C=O) groups is 2. The summed E-state index contributed by atoms with van der Waals surface area (Å²) in [5.74, 6) is 0.627. The van der Waals surface area contributed by atoms with Gasteiger partial charge in [0.05, 0.1) is 12.5 Å². The predicted molar refractivity (Wildman–Crippen MR) is 96.3 cm³/mol. The van der Waals surface area contributed by atoms with Crippen LogP contribution >= 0.6 is 11.3 Å². The molecule has 1 aliphatic heterocycles. The second kappa shape index (κ2) is 8.06. The normalized spacial score (nSPS) is 15.7. The highest BCUT2D eigenvalue weighted by atomic mass is 32.1. The van der Waals surface area contributed by atoms with Gasteiger partial charge in [-0.3, -0.25) is 9.59 Å². The van der Waals surface area contributed by atoms with E-state index in [1.807, 2.05) is 22.4 Å². The van der Waals surface area contributed by atoms with Crippen LogP contribution in [0.15, 0.2) is 36.0 Å². The number of rotatable bonds is 5. The van der Waals surface area contributed by atoms with E-state index < -0.39 is 0 Å². The molecule has 0 bridgehead atoms. The number of carbonyl (C=O) groups excluding carboxylic acids is 2. The van der Waals surface area contributed by atoms with Gasteiger partial charge in [-0.1, -0.05) is 6.07 Å². The van der Waals surface area contributed by atoms with Crippen LogP contribution in [0, 0.1) is 0 Å². The molecule has 1 saturated heterocycles. The van der Waals surface area contributed by atoms with Gasteiger partial charge < -0.3 is 15.1 Å². The van der Waals surface area contributed by atoms with Gasteiger partial charge in [0.15, 0.2) is 0 Å². The Morgan fingerprint density at radius 3 is 2.52 bits per heavy atom. The Bertz CT molecular complexity index is 699. The van der Waals surface area contributed by atoms with Gasteiger partial charge in [0.25, 0.3) is 0 Å². The molecule has 1 unspecified atom stereocenters. The lowest BCUT2D eigenvalue weighted by Crippen LogP contribution is -2.49. The number of aromatic nitrogens is 2. The highest BCUT2D eigenvalue weighted by molar-refractivity contribution is 7.10. The van der Waals surface area contributed by atoms with E-state index in [9.17, 15) is 9.59 Å². The first-order valence-corrected chi connectivity index (χ1v) is 9.11. The molecule has 0 saturated carbocycles. The Morgan fingerprint density at radius 1 is 1.20 bits per heavy atom. The van der Waals surface area contributed by atoms with Crippen molar-refractivity contribution in [3.8, 4) is 0 Å². The molecule has 2 aromatic rings. The monoisotopic (exact) mass is 359 g/mol. The van der Waals surface area contributed by atoms with Gasteiger partial charge in [-0.15, -0.1) is 11.3 Å². The number of amides is 2. The van der Waals surface area contributed by atoms with Crippen molar-refractivity contribution in [2.75, 3.05) is 31.1 Å². The molecular weight excluding hydrogens is 338 g/mol. The molecule has 8 heteroatoms. The Balaban J connectivity index is 1.57. The van der Waals surface area contributed by atoms with Crippen LogP contribution in [0.2, 0.25) is 0 Å². The van der Waals surface area contributed by atoms with E-state index in [4.69, 9.17) is 0 Å². The molecule has 2 amide bonds. The minimum absolute atomic E-state index is 0.0563. The lowest BCUT2D eigenvalue weighted by atomic mass is 10.1. The van der Waals surface area contributed by atoms with Crippen LogP contribution in [0.4, 0.5) is 5.95 Å². The molecule has 1 atom stereocenters. The summed E-state index contributed by atoms with van der Waals surface area (Å²) in [6, 6.07) is 5.40. The first kappa shape index (κ1) is 17.3. The van der Waals surface area contributed by atoms with Crippen LogP contribution in [0.25, 0.3) is 0 Å². The van der Waals surface area contributed by atoms with Crippen molar-refractivity contribution in [2.24, 2.45) is 0 Å². The predicted octanol–water partition coefficient (Wildman–Crippen LogP) is 1.45. The average molecular weight is 359 g/mol. The number of thiophene rings is 1. The number of hydrogen-bond donors (Lipinski definition) is 1. The number of anilines is 1. The molecule has 7 nitrogen and oxygen atoms in total. The van der Waals surface area contributed by atoms with Crippen LogP contribution in [-0.4, -0.2) is 52.9 Å². The zero-order chi connectivity index (χ0) is 17.6. The molecule has 3 rings (SSSR count). The molecule has 0 aromatic carbocycles. The summed E-state index contributed by atoms with van der Waals surface area (Å²) >= 11 is 1.55. The molecule has 25 heavy (non-hydrogen) atoms. The summed E-state index contributed by atoms with van der Waals surface area (Å²) in [5, 5.41) is 4.83. The van der Waals surface area contributed by atoms with Gasteiger partial charge in [0.1, 0.15) is 0 Å². The van der Waals surface area contributed by atoms with E-state index in [1.54, 1.807) is 29.8 Å². The standard InChI is InChI=1S/C17H21N5O2S/c1-13(23)20-14(15-4-2-11-25-15)12-16(24)21-7-9-22(10-8-21)17-18-5-3-6-19-17/h2-6,11,14H,7-10,12H2,1H3,(H,20,23). The summed E-state index contributed by atoms with van der Waals surface area (Å²) in [6.45, 7) is 4.16. The van der Waals surface area contributed by atoms with Crippen LogP contribution in [0.5, 0.6) is 0 Å². The SMILES string of the molecule is CC(=O)NC(CC(=O)N1CCN(c2ncccn2)CC1)c1cccs1. The van der Waals surface area contributed by atoms with Crippen LogP contribution in [0.3, 0.4) is 0 Å². The molecule has 1 N–H and O–H groups in total. The zero-order valence-electron chi connectivity index (χ0n) is 14.1. The summed E-state index contributed by atoms with van der Waals surface area (Å²) in [6.07, 6.45) is 3.72. The molecule has 0 radical (unpaired) electrons. The lowest BCUT2D eigenvalue weighted by molar-refractivity contribution is -0.132. The molecule has 2 aromatic heterocycles. The first-order chi connectivity index (χ1) is 12.1. The van der Waals surface area contributed by atoms with Crippen molar-refractivity contribution >= 4 is 29.1 Å². The van der Waals surface area contributed by atoms with Crippen LogP contribution < -0.4 is 10.2 Å². The second-order valence-corrected chi connectivity index (χ2v) is 6.87. The van der Waals surface area contributed by atoms with E-state index in [0.29, 0.717) is 32.1 Å². The average Bonchev–Trinajstić information content (AvgIpc) is 3.16. The topological polar surface area (TPSA) is 78.4 Å². The largest absolute Gasteiger partial charge is 0.348 e. The molecule has 1 fully saturated rings. The first-order valence-electron chi connectivity index (χ1n) is 8.23. The Kier molecular flexibility index (Phi) is 5.60. The third-order valence-electron chi connectivity index (χ3n) is 4.11. The van der Waals surface area contributed by atoms with Crippen molar-refractivity contribution in [1.82, 2.24) is 20.2 Å². The van der Waals surface area contributed by atoms with Crippen molar-refractivity contribution in [1.29, 1.82) is 0 Å². The summed E-state index contributed by atoms with van der Waals surface area (Å²) in [4.78, 5) is 37.5. The smallest absolute Gasteiger partial charge is 0.225 e. The zero-order valence-corrected chi connectivity index (χ0v) is 14.9. The molecule has 0 spiro atoms. The highest BCUT2D eigenvalue weighted by Crippen LogP contribution is 2.23. The minimum atomic E-state index is -0.263. The Labute approximate surface area is 150 Å². The fourth-order valence-corrected chi connectivity index (χ4v) is 3.65. The van der Waals surface area contributed by atoms with Crippen LogP contribution in [0.1, 0.15) is 24.3 Å². The van der Waals surface area contributed by atoms with E-state index in [-0.39, 0.29) is 24.3 Å². The Hall–Kier alpha value is -2.48. The fourth-order valence-electron chi connectivity index (χ4n) is 2.87. The maximum atomic E-state index is 12.7. The maximum Gasteiger partial charge on any atom is 0.225 e. The molecular formula is C17H21N5O2S. The van der Waals surface area contributed by atoms with E-state index >= 15 is 0 Å². The highest BCUT2D eigenvalue weighted by Gasteiger charge is 2.25. The molecule has 132 valence electrons. The van der Waals surface area contributed by atoms with Gasteiger partial charge in [0, 0.05) is 50.4 Å². The summed E-state index contributed by atoms with van der Waals surface area (Å²) in [7, 11) is 0. The van der Waals surface area contributed by atoms with Gasteiger partial charge in [-0.25, -0.2) is 9.97 Å².